The molecule has 106 valence electrons. The van der Waals surface area contributed by atoms with Crippen LogP contribution in [0.1, 0.15) is 96.3 Å². The Balaban J connectivity index is 2.88. The van der Waals surface area contributed by atoms with E-state index in [0.717, 1.165) is 12.8 Å². The van der Waals surface area contributed by atoms with Gasteiger partial charge in [-0.05, 0) is 12.8 Å². The molecule has 0 aromatic heterocycles. The summed E-state index contributed by atoms with van der Waals surface area (Å²) in [6, 6.07) is 0. The number of allylic oxidation sites excluding steroid dienone is 1. The number of hydrogen-bond donors (Lipinski definition) is 0. The molecule has 0 aromatic rings. The quantitative estimate of drug-likeness (QED) is 0.285. The Morgan fingerprint density at radius 2 is 0.889 bits per heavy atom. The van der Waals surface area contributed by atoms with E-state index in [1.165, 1.54) is 83.5 Å². The minimum absolute atomic E-state index is 1.09. The summed E-state index contributed by atoms with van der Waals surface area (Å²) in [5.41, 5.74) is 0. The van der Waals surface area contributed by atoms with Gasteiger partial charge in [0.15, 0.2) is 0 Å². The largest absolute Gasteiger partial charge is 0.0845 e. The molecule has 0 atom stereocenters. The van der Waals surface area contributed by atoms with Crippen molar-refractivity contribution in [1.82, 2.24) is 0 Å². The topological polar surface area (TPSA) is 0 Å². The molecule has 0 heterocycles. The molecule has 0 aromatic carbocycles. The fourth-order valence-corrected chi connectivity index (χ4v) is 2.38. The maximum atomic E-state index is 5.35. The molecule has 0 aliphatic rings. The van der Waals surface area contributed by atoms with Gasteiger partial charge in [0.2, 0.25) is 0 Å². The second-order valence-electron chi connectivity index (χ2n) is 5.47. The Hall–Kier alpha value is -0.260. The van der Waals surface area contributed by atoms with Gasteiger partial charge in [-0.25, -0.2) is 0 Å². The summed E-state index contributed by atoms with van der Waals surface area (Å²) in [5, 5.41) is 0. The van der Waals surface area contributed by atoms with Crippen molar-refractivity contribution in [3.63, 3.8) is 0 Å². The van der Waals surface area contributed by atoms with Gasteiger partial charge in [0, 0.05) is 0 Å². The van der Waals surface area contributed by atoms with Crippen LogP contribution in [0.25, 0.3) is 0 Å². The first-order chi connectivity index (χ1) is 8.91. The Kier molecular flexibility index (Phi) is 16.5. The van der Waals surface area contributed by atoms with E-state index in [1.807, 2.05) is 0 Å². The average Bonchev–Trinajstić information content (AvgIpc) is 2.39. The molecule has 0 spiro atoms. The van der Waals surface area contributed by atoms with Crippen molar-refractivity contribution in [3.05, 3.63) is 19.6 Å². The van der Waals surface area contributed by atoms with Crippen LogP contribution in [-0.2, 0) is 0 Å². The van der Waals surface area contributed by atoms with Crippen LogP contribution in [0.3, 0.4) is 0 Å². The van der Waals surface area contributed by atoms with Crippen LogP contribution in [0.5, 0.6) is 0 Å². The van der Waals surface area contributed by atoms with Crippen molar-refractivity contribution >= 4 is 0 Å². The van der Waals surface area contributed by atoms with Crippen LogP contribution in [-0.4, -0.2) is 0 Å². The first-order valence-corrected chi connectivity index (χ1v) is 8.24. The molecule has 0 saturated heterocycles. The van der Waals surface area contributed by atoms with Crippen molar-refractivity contribution < 1.29 is 0 Å². The molecule has 0 fully saturated rings. The van der Waals surface area contributed by atoms with Gasteiger partial charge in [0.05, 0.1) is 0 Å². The smallest absolute Gasteiger partial charge is 0.0348 e. The monoisotopic (exact) mass is 250 g/mol. The number of unbranched alkanes of at least 4 members (excludes halogenated alkanes) is 14. The summed E-state index contributed by atoms with van der Waals surface area (Å²) in [5.74, 6) is 0. The molecule has 0 aliphatic heterocycles. The third-order valence-corrected chi connectivity index (χ3v) is 3.62. The van der Waals surface area contributed by atoms with Crippen molar-refractivity contribution in [3.8, 4) is 0 Å². The van der Waals surface area contributed by atoms with E-state index in [4.69, 9.17) is 6.58 Å². The maximum Gasteiger partial charge on any atom is -0.0348 e. The Labute approximate surface area is 116 Å². The summed E-state index contributed by atoms with van der Waals surface area (Å²) in [4.78, 5) is 0. The molecular formula is C18H34. The first kappa shape index (κ1) is 17.7. The van der Waals surface area contributed by atoms with E-state index in [2.05, 4.69) is 6.92 Å². The molecule has 0 aliphatic carbocycles. The van der Waals surface area contributed by atoms with E-state index in [1.54, 1.807) is 6.08 Å². The van der Waals surface area contributed by atoms with Crippen LogP contribution in [0.2, 0.25) is 0 Å². The van der Waals surface area contributed by atoms with E-state index in [0.29, 0.717) is 0 Å². The predicted molar refractivity (Wildman–Crippen MR) is 83.5 cm³/mol. The normalized spacial score (nSPS) is 10.7. The van der Waals surface area contributed by atoms with Gasteiger partial charge < -0.3 is 0 Å². The highest BCUT2D eigenvalue weighted by Crippen LogP contribution is 2.13. The fraction of sp³-hybridized carbons (Fsp3) is 0.833. The molecule has 0 heteroatoms. The van der Waals surface area contributed by atoms with Crippen molar-refractivity contribution in [2.24, 2.45) is 0 Å². The van der Waals surface area contributed by atoms with Crippen molar-refractivity contribution in [2.75, 3.05) is 0 Å². The lowest BCUT2D eigenvalue weighted by molar-refractivity contribution is 0.538. The van der Waals surface area contributed by atoms with Crippen molar-refractivity contribution in [1.29, 1.82) is 0 Å². The van der Waals surface area contributed by atoms with Gasteiger partial charge in [-0.3, -0.25) is 0 Å². The summed E-state index contributed by atoms with van der Waals surface area (Å²) >= 11 is 0. The van der Waals surface area contributed by atoms with Crippen LogP contribution >= 0.6 is 0 Å². The molecule has 0 amide bonds. The number of rotatable bonds is 15. The highest BCUT2D eigenvalue weighted by atomic mass is 14.0. The Morgan fingerprint density at radius 3 is 1.22 bits per heavy atom. The van der Waals surface area contributed by atoms with E-state index in [-0.39, 0.29) is 0 Å². The lowest BCUT2D eigenvalue weighted by Crippen LogP contribution is -1.83. The van der Waals surface area contributed by atoms with Gasteiger partial charge in [-0.2, -0.15) is 0 Å². The maximum absolute atomic E-state index is 5.35. The molecule has 0 nitrogen and oxygen atoms in total. The molecule has 0 N–H and O–H groups in total. The highest BCUT2D eigenvalue weighted by molar-refractivity contribution is 4.61. The molecule has 0 bridgehead atoms. The molecule has 0 unspecified atom stereocenters. The third kappa shape index (κ3) is 15.7. The summed E-state index contributed by atoms with van der Waals surface area (Å²) in [7, 11) is 0. The second-order valence-corrected chi connectivity index (χ2v) is 5.47. The van der Waals surface area contributed by atoms with Crippen LogP contribution < -0.4 is 0 Å². The predicted octanol–water partition coefficient (Wildman–Crippen LogP) is 6.66. The van der Waals surface area contributed by atoms with E-state index < -0.39 is 0 Å². The zero-order chi connectivity index (χ0) is 13.3. The number of hydrogen-bond acceptors (Lipinski definition) is 0. The summed E-state index contributed by atoms with van der Waals surface area (Å²) in [6.07, 6.45) is 22.3. The van der Waals surface area contributed by atoms with E-state index in [9.17, 15) is 0 Å². The van der Waals surface area contributed by atoms with Crippen LogP contribution in [0, 0.1) is 13.5 Å². The molecular weight excluding hydrogens is 216 g/mol. The SMILES string of the molecule is [CH]=CCCCCCCCCCCCCCCC[CH2]. The Morgan fingerprint density at radius 1 is 0.556 bits per heavy atom. The van der Waals surface area contributed by atoms with Gasteiger partial charge in [0.25, 0.3) is 0 Å². The summed E-state index contributed by atoms with van der Waals surface area (Å²) < 4.78 is 0. The molecule has 0 saturated carbocycles. The minimum Gasteiger partial charge on any atom is -0.0845 e. The van der Waals surface area contributed by atoms with Crippen LogP contribution in [0.4, 0.5) is 0 Å². The highest BCUT2D eigenvalue weighted by Gasteiger charge is 1.93. The van der Waals surface area contributed by atoms with Crippen LogP contribution in [0.15, 0.2) is 6.08 Å². The average molecular weight is 250 g/mol. The van der Waals surface area contributed by atoms with Gasteiger partial charge in [-0.1, -0.05) is 103 Å². The van der Waals surface area contributed by atoms with Crippen molar-refractivity contribution in [2.45, 2.75) is 96.3 Å². The van der Waals surface area contributed by atoms with Gasteiger partial charge in [0.1, 0.15) is 0 Å². The lowest BCUT2D eigenvalue weighted by atomic mass is 10.0. The second kappa shape index (κ2) is 16.7. The van der Waals surface area contributed by atoms with Gasteiger partial charge in [-0.15, -0.1) is 0 Å². The standard InChI is InChI=1S/C18H34/c1-3-5-7-9-11-13-15-17-18-16-14-12-10-8-6-4-2/h1,3H,2,4-18H2. The van der Waals surface area contributed by atoms with E-state index >= 15 is 0 Å². The molecule has 18 heavy (non-hydrogen) atoms. The Bertz CT molecular complexity index is 148. The zero-order valence-electron chi connectivity index (χ0n) is 12.5. The fourth-order valence-electron chi connectivity index (χ4n) is 2.38. The summed E-state index contributed by atoms with van der Waals surface area (Å²) in [6.45, 7) is 9.22. The zero-order valence-corrected chi connectivity index (χ0v) is 12.5. The molecule has 2 radical (unpaired) electrons. The third-order valence-electron chi connectivity index (χ3n) is 3.62. The lowest BCUT2D eigenvalue weighted by Gasteiger charge is -2.02. The van der Waals surface area contributed by atoms with Gasteiger partial charge >= 0.3 is 0 Å². The molecule has 0 rings (SSSR count). The minimum atomic E-state index is 1.09. The first-order valence-electron chi connectivity index (χ1n) is 8.24.